The lowest BCUT2D eigenvalue weighted by Crippen LogP contribution is -2.20. The second-order valence-corrected chi connectivity index (χ2v) is 4.70. The van der Waals surface area contributed by atoms with E-state index in [0.717, 1.165) is 23.5 Å². The van der Waals surface area contributed by atoms with Crippen molar-refractivity contribution in [2.75, 3.05) is 0 Å². The molecule has 0 bridgehead atoms. The molecule has 0 amide bonds. The number of nitrogens with two attached hydrogens (primary N) is 1. The molecule has 0 spiro atoms. The minimum Gasteiger partial charge on any atom is -0.324 e. The van der Waals surface area contributed by atoms with Crippen LogP contribution in [0.1, 0.15) is 42.9 Å². The molecular formula is C13H18FN. The van der Waals surface area contributed by atoms with Gasteiger partial charge < -0.3 is 5.73 Å². The van der Waals surface area contributed by atoms with Gasteiger partial charge in [-0.15, -0.1) is 0 Å². The molecule has 1 aromatic rings. The fourth-order valence-electron chi connectivity index (χ4n) is 2.20. The highest BCUT2D eigenvalue weighted by Crippen LogP contribution is 2.33. The maximum Gasteiger partial charge on any atom is 0.123 e. The van der Waals surface area contributed by atoms with Gasteiger partial charge in [-0.05, 0) is 42.5 Å². The molecule has 2 heteroatoms. The highest BCUT2D eigenvalue weighted by atomic mass is 19.1. The molecule has 1 unspecified atom stereocenters. The van der Waals surface area contributed by atoms with Gasteiger partial charge in [0.25, 0.3) is 0 Å². The van der Waals surface area contributed by atoms with Crippen LogP contribution in [0.15, 0.2) is 18.2 Å². The van der Waals surface area contributed by atoms with E-state index >= 15 is 0 Å². The topological polar surface area (TPSA) is 26.0 Å². The summed E-state index contributed by atoms with van der Waals surface area (Å²) in [4.78, 5) is 0. The van der Waals surface area contributed by atoms with E-state index in [9.17, 15) is 4.39 Å². The number of hydrogen-bond donors (Lipinski definition) is 1. The molecule has 1 atom stereocenters. The van der Waals surface area contributed by atoms with Crippen LogP contribution in [0, 0.1) is 18.7 Å². The largest absolute Gasteiger partial charge is 0.324 e. The lowest BCUT2D eigenvalue weighted by atomic mass is 9.80. The third-order valence-corrected chi connectivity index (χ3v) is 3.30. The molecule has 0 aliphatic heterocycles. The van der Waals surface area contributed by atoms with Crippen molar-refractivity contribution in [1.29, 1.82) is 0 Å². The third-order valence-electron chi connectivity index (χ3n) is 3.30. The Hall–Kier alpha value is -0.890. The number of aryl methyl sites for hydroxylation is 1. The molecule has 1 fully saturated rings. The Morgan fingerprint density at radius 1 is 1.40 bits per heavy atom. The van der Waals surface area contributed by atoms with Gasteiger partial charge in [0.2, 0.25) is 0 Å². The van der Waals surface area contributed by atoms with Crippen LogP contribution in [0.25, 0.3) is 0 Å². The Labute approximate surface area is 90.5 Å². The van der Waals surface area contributed by atoms with Gasteiger partial charge in [0, 0.05) is 6.04 Å². The zero-order valence-corrected chi connectivity index (χ0v) is 9.17. The fourth-order valence-corrected chi connectivity index (χ4v) is 2.20. The van der Waals surface area contributed by atoms with Crippen LogP contribution >= 0.6 is 0 Å². The van der Waals surface area contributed by atoms with Crippen molar-refractivity contribution < 1.29 is 4.39 Å². The molecule has 1 aromatic carbocycles. The monoisotopic (exact) mass is 207 g/mol. The molecule has 0 aromatic heterocycles. The van der Waals surface area contributed by atoms with E-state index in [1.807, 2.05) is 13.0 Å². The molecule has 1 aliphatic rings. The Kier molecular flexibility index (Phi) is 3.06. The summed E-state index contributed by atoms with van der Waals surface area (Å²) in [7, 11) is 0. The highest BCUT2D eigenvalue weighted by Gasteiger charge is 2.21. The first-order valence-electron chi connectivity index (χ1n) is 5.68. The van der Waals surface area contributed by atoms with Crippen LogP contribution in [0.5, 0.6) is 0 Å². The van der Waals surface area contributed by atoms with E-state index in [-0.39, 0.29) is 11.9 Å². The quantitative estimate of drug-likeness (QED) is 0.808. The van der Waals surface area contributed by atoms with Crippen molar-refractivity contribution in [3.05, 3.63) is 35.1 Å². The molecule has 1 aliphatic carbocycles. The average Bonchev–Trinajstić information content (AvgIpc) is 2.09. The van der Waals surface area contributed by atoms with Crippen LogP contribution in [0.4, 0.5) is 4.39 Å². The van der Waals surface area contributed by atoms with Gasteiger partial charge >= 0.3 is 0 Å². The number of halogens is 1. The summed E-state index contributed by atoms with van der Waals surface area (Å²) in [5.41, 5.74) is 7.97. The average molecular weight is 207 g/mol. The minimum absolute atomic E-state index is 0.00435. The van der Waals surface area contributed by atoms with E-state index in [1.165, 1.54) is 19.3 Å². The second kappa shape index (κ2) is 4.31. The SMILES string of the molecule is Cc1cc(F)cc(C(N)CC2CCC2)c1. The summed E-state index contributed by atoms with van der Waals surface area (Å²) >= 11 is 0. The van der Waals surface area contributed by atoms with Crippen LogP contribution in [-0.4, -0.2) is 0 Å². The molecule has 0 radical (unpaired) electrons. The van der Waals surface area contributed by atoms with Gasteiger partial charge in [-0.2, -0.15) is 0 Å². The first kappa shape index (κ1) is 10.6. The Balaban J connectivity index is 2.06. The van der Waals surface area contributed by atoms with Crippen molar-refractivity contribution >= 4 is 0 Å². The summed E-state index contributed by atoms with van der Waals surface area (Å²) in [6.07, 6.45) is 4.92. The summed E-state index contributed by atoms with van der Waals surface area (Å²) in [5.74, 6) is 0.595. The molecule has 15 heavy (non-hydrogen) atoms. The number of rotatable bonds is 3. The van der Waals surface area contributed by atoms with E-state index in [4.69, 9.17) is 5.73 Å². The van der Waals surface area contributed by atoms with Crippen molar-refractivity contribution in [3.63, 3.8) is 0 Å². The molecule has 1 nitrogen and oxygen atoms in total. The molecule has 0 heterocycles. The number of benzene rings is 1. The Morgan fingerprint density at radius 3 is 2.67 bits per heavy atom. The smallest absolute Gasteiger partial charge is 0.123 e. The van der Waals surface area contributed by atoms with Crippen molar-refractivity contribution in [1.82, 2.24) is 0 Å². The normalized spacial score (nSPS) is 18.6. The maximum absolute atomic E-state index is 13.2. The van der Waals surface area contributed by atoms with Crippen LogP contribution in [0.3, 0.4) is 0 Å². The first-order chi connectivity index (χ1) is 7.15. The summed E-state index contributed by atoms with van der Waals surface area (Å²) in [6.45, 7) is 1.91. The first-order valence-corrected chi connectivity index (χ1v) is 5.68. The molecular weight excluding hydrogens is 189 g/mol. The van der Waals surface area contributed by atoms with Crippen molar-refractivity contribution in [2.45, 2.75) is 38.6 Å². The van der Waals surface area contributed by atoms with Gasteiger partial charge in [-0.1, -0.05) is 25.3 Å². The van der Waals surface area contributed by atoms with Crippen molar-refractivity contribution in [3.8, 4) is 0 Å². The van der Waals surface area contributed by atoms with E-state index in [2.05, 4.69) is 0 Å². The van der Waals surface area contributed by atoms with Gasteiger partial charge in [0.1, 0.15) is 5.82 Å². The summed E-state index contributed by atoms with van der Waals surface area (Å²) < 4.78 is 13.2. The lowest BCUT2D eigenvalue weighted by Gasteiger charge is -2.28. The number of hydrogen-bond acceptors (Lipinski definition) is 1. The zero-order chi connectivity index (χ0) is 10.8. The lowest BCUT2D eigenvalue weighted by molar-refractivity contribution is 0.277. The van der Waals surface area contributed by atoms with Gasteiger partial charge in [-0.3, -0.25) is 0 Å². The summed E-state index contributed by atoms with van der Waals surface area (Å²) in [6, 6.07) is 5.10. The standard InChI is InChI=1S/C13H18FN/c1-9-5-11(8-12(14)6-9)13(15)7-10-3-2-4-10/h5-6,8,10,13H,2-4,7,15H2,1H3. The minimum atomic E-state index is -0.172. The van der Waals surface area contributed by atoms with E-state index in [1.54, 1.807) is 12.1 Å². The molecule has 2 N–H and O–H groups in total. The van der Waals surface area contributed by atoms with Crippen molar-refractivity contribution in [2.24, 2.45) is 11.7 Å². The second-order valence-electron chi connectivity index (χ2n) is 4.70. The van der Waals surface area contributed by atoms with E-state index in [0.29, 0.717) is 0 Å². The highest BCUT2D eigenvalue weighted by molar-refractivity contribution is 5.26. The molecule has 0 saturated heterocycles. The molecule has 2 rings (SSSR count). The van der Waals surface area contributed by atoms with Gasteiger partial charge in [0.05, 0.1) is 0 Å². The van der Waals surface area contributed by atoms with E-state index < -0.39 is 0 Å². The zero-order valence-electron chi connectivity index (χ0n) is 9.17. The molecule has 1 saturated carbocycles. The van der Waals surface area contributed by atoms with Crippen LogP contribution in [-0.2, 0) is 0 Å². The maximum atomic E-state index is 13.2. The third kappa shape index (κ3) is 2.57. The summed E-state index contributed by atoms with van der Waals surface area (Å²) in [5, 5.41) is 0. The predicted molar refractivity (Wildman–Crippen MR) is 60.0 cm³/mol. The molecule has 82 valence electrons. The predicted octanol–water partition coefficient (Wildman–Crippen LogP) is 3.32. The van der Waals surface area contributed by atoms with Crippen LogP contribution in [0.2, 0.25) is 0 Å². The Morgan fingerprint density at radius 2 is 2.13 bits per heavy atom. The van der Waals surface area contributed by atoms with Gasteiger partial charge in [0.15, 0.2) is 0 Å². The fraction of sp³-hybridized carbons (Fsp3) is 0.538. The Bertz CT molecular complexity index is 324. The van der Waals surface area contributed by atoms with Crippen LogP contribution < -0.4 is 5.73 Å². The van der Waals surface area contributed by atoms with Gasteiger partial charge in [-0.25, -0.2) is 4.39 Å².